The van der Waals surface area contributed by atoms with Gasteiger partial charge in [-0.3, -0.25) is 57.7 Å². The highest BCUT2D eigenvalue weighted by atomic mass is 32.1. The third kappa shape index (κ3) is 21.9. The van der Waals surface area contributed by atoms with Crippen molar-refractivity contribution in [3.63, 3.8) is 0 Å². The zero-order chi connectivity index (χ0) is 50.3. The Balaban J connectivity index is 3.54. The quantitative estimate of drug-likeness (QED) is 0.0147. The van der Waals surface area contributed by atoms with Crippen LogP contribution in [0, 0.1) is 5.92 Å². The molecule has 1 aromatic carbocycles. The second kappa shape index (κ2) is 28.5. The Labute approximate surface area is 384 Å². The summed E-state index contributed by atoms with van der Waals surface area (Å²) in [6.07, 6.45) is -2.57. The molecule has 0 bridgehead atoms. The highest BCUT2D eigenvalue weighted by Crippen LogP contribution is 2.13. The van der Waals surface area contributed by atoms with Crippen molar-refractivity contribution in [3.05, 3.63) is 29.8 Å². The lowest BCUT2D eigenvalue weighted by molar-refractivity contribution is -0.136. The van der Waals surface area contributed by atoms with E-state index in [0.29, 0.717) is 5.56 Å². The van der Waals surface area contributed by atoms with Gasteiger partial charge >= 0.3 is 0 Å². The molecule has 27 nitrogen and oxygen atoms in total. The molecule has 7 atom stereocenters. The van der Waals surface area contributed by atoms with E-state index in [1.165, 1.54) is 24.3 Å². The molecule has 0 fully saturated rings. The van der Waals surface area contributed by atoms with Gasteiger partial charge < -0.3 is 82.5 Å². The topological polar surface area (TPSA) is 487 Å². The summed E-state index contributed by atoms with van der Waals surface area (Å²) in [5, 5.41) is 26.5. The predicted octanol–water partition coefficient (Wildman–Crippen LogP) is -7.57. The van der Waals surface area contributed by atoms with Crippen LogP contribution in [-0.4, -0.2) is 137 Å². The van der Waals surface area contributed by atoms with Crippen LogP contribution in [0.15, 0.2) is 29.3 Å². The van der Waals surface area contributed by atoms with E-state index in [-0.39, 0.29) is 43.3 Å². The van der Waals surface area contributed by atoms with Crippen molar-refractivity contribution in [2.45, 2.75) is 101 Å². The Morgan fingerprint density at radius 2 is 1.12 bits per heavy atom. The van der Waals surface area contributed by atoms with E-state index in [9.17, 15) is 57.8 Å². The Hall–Kier alpha value is -7.23. The molecule has 66 heavy (non-hydrogen) atoms. The number of carbonyl (C=O) groups is 11. The zero-order valence-corrected chi connectivity index (χ0v) is 37.3. The summed E-state index contributed by atoms with van der Waals surface area (Å²) in [6, 6.07) is -4.93. The number of nitrogens with two attached hydrogens (primary N) is 7. The summed E-state index contributed by atoms with van der Waals surface area (Å²) in [5.74, 6) is -11.8. The first-order valence-electron chi connectivity index (χ1n) is 20.3. The molecule has 0 spiro atoms. The lowest BCUT2D eigenvalue weighted by atomic mass is 10.0. The fourth-order valence-corrected chi connectivity index (χ4v) is 6.01. The van der Waals surface area contributed by atoms with Gasteiger partial charge in [-0.25, -0.2) is 0 Å². The lowest BCUT2D eigenvalue weighted by Gasteiger charge is -2.28. The number of thiol groups is 1. The van der Waals surface area contributed by atoms with Gasteiger partial charge in [0.05, 0.1) is 25.4 Å². The first-order valence-corrected chi connectivity index (χ1v) is 20.9. The smallest absolute Gasteiger partial charge is 0.243 e. The Kier molecular flexibility index (Phi) is 24.6. The number of nitrogens with zero attached hydrogens (tertiary/aromatic N) is 1. The molecule has 0 saturated heterocycles. The molecular weight excluding hydrogens is 891 g/mol. The van der Waals surface area contributed by atoms with Crippen LogP contribution < -0.4 is 77.4 Å². The van der Waals surface area contributed by atoms with Gasteiger partial charge in [0.1, 0.15) is 42.0 Å². The van der Waals surface area contributed by atoms with Crippen LogP contribution in [0.3, 0.4) is 0 Å². The predicted molar refractivity (Wildman–Crippen MR) is 238 cm³/mol. The van der Waals surface area contributed by atoms with Gasteiger partial charge in [0.25, 0.3) is 0 Å². The molecule has 0 heterocycles. The van der Waals surface area contributed by atoms with Crippen LogP contribution in [-0.2, 0) is 59.2 Å². The average Bonchev–Trinajstić information content (AvgIpc) is 3.22. The number of carbonyl (C=O) groups excluding carboxylic acids is 11. The summed E-state index contributed by atoms with van der Waals surface area (Å²) >= 11 is 3.96. The highest BCUT2D eigenvalue weighted by molar-refractivity contribution is 7.80. The maximum atomic E-state index is 14.2. The molecule has 28 heteroatoms. The van der Waals surface area contributed by atoms with Gasteiger partial charge in [0.15, 0.2) is 5.96 Å². The van der Waals surface area contributed by atoms with E-state index in [4.69, 9.17) is 40.1 Å². The molecule has 22 N–H and O–H groups in total. The first-order chi connectivity index (χ1) is 30.8. The molecule has 366 valence electrons. The normalized spacial score (nSPS) is 14.0. The molecular formula is C38H61N15O12S. The monoisotopic (exact) mass is 951 g/mol. The van der Waals surface area contributed by atoms with Crippen LogP contribution >= 0.6 is 12.6 Å². The van der Waals surface area contributed by atoms with Gasteiger partial charge in [0.2, 0.25) is 65.0 Å². The number of benzene rings is 1. The lowest BCUT2D eigenvalue weighted by Crippen LogP contribution is -2.60. The number of phenolic OH excluding ortho intramolecular Hbond substituents is 1. The van der Waals surface area contributed by atoms with Crippen LogP contribution in [0.1, 0.15) is 57.9 Å². The maximum Gasteiger partial charge on any atom is 0.243 e. The van der Waals surface area contributed by atoms with Crippen molar-refractivity contribution < 1.29 is 57.8 Å². The number of hydrogen-bond acceptors (Lipinski definition) is 15. The van der Waals surface area contributed by atoms with Crippen LogP contribution in [0.25, 0.3) is 0 Å². The zero-order valence-electron chi connectivity index (χ0n) is 36.4. The second-order valence-electron chi connectivity index (χ2n) is 15.2. The third-order valence-electron chi connectivity index (χ3n) is 9.23. The van der Waals surface area contributed by atoms with Crippen molar-refractivity contribution in [2.75, 3.05) is 18.8 Å². The SMILES string of the molecule is CC(C)[C@H](NC(=O)CNC(=O)[C@@H](N)CC(N)=O)C(=O)N[C@@H](CCC(N)=O)C(=O)N[C@@H](Cc1ccc(O)cc1)C(=O)N[C@@H](CCCN=C(N)N)C(=O)N[C@@H](CC(N)=O)C(=O)N[C@@H](CS)C(N)=O. The molecule has 0 saturated carbocycles. The number of nitrogens with one attached hydrogen (secondary N) is 7. The van der Waals surface area contributed by atoms with Gasteiger partial charge in [-0.15, -0.1) is 0 Å². The second-order valence-corrected chi connectivity index (χ2v) is 15.5. The number of primary amides is 4. The summed E-state index contributed by atoms with van der Waals surface area (Å²) in [7, 11) is 0. The number of hydrogen-bond donors (Lipinski definition) is 16. The van der Waals surface area contributed by atoms with Gasteiger partial charge in [-0.1, -0.05) is 26.0 Å². The number of phenols is 1. The number of aromatic hydroxyl groups is 1. The molecule has 11 amide bonds. The molecule has 0 radical (unpaired) electrons. The van der Waals surface area contributed by atoms with Crippen molar-refractivity contribution >= 4 is 83.6 Å². The standard InChI is InChI=1S/C38H61N15O12S/c1-17(2)30(53-29(58)15-47-32(60)20(39)13-27(41)56)37(65)49-22(9-10-26(40)55)34(62)50-23(12-18-5-7-19(54)8-6-18)35(63)48-21(4-3-11-46-38(44)45)33(61)51-24(14-28(42)57)36(64)52-25(16-66)31(43)59/h5-8,17,20-25,30,54,66H,3-4,9-16,39H2,1-2H3,(H2,40,55)(H2,41,56)(H2,42,57)(H2,43,59)(H,47,60)(H,48,63)(H,49,65)(H,50,62)(H,51,61)(H,52,64)(H,53,58)(H4,44,45,46)/t20-,21-,22-,23-,24-,25-,30-/m0/s1. The van der Waals surface area contributed by atoms with E-state index in [2.05, 4.69) is 54.8 Å². The fraction of sp³-hybridized carbons (Fsp3) is 0.526. The molecule has 0 aliphatic heterocycles. The van der Waals surface area contributed by atoms with Crippen LogP contribution in [0.4, 0.5) is 0 Å². The molecule has 1 rings (SSSR count). The Morgan fingerprint density at radius 1 is 0.621 bits per heavy atom. The van der Waals surface area contributed by atoms with E-state index < -0.39 is 145 Å². The minimum absolute atomic E-state index is 0.0398. The molecule has 0 aromatic heterocycles. The third-order valence-corrected chi connectivity index (χ3v) is 9.59. The highest BCUT2D eigenvalue weighted by Gasteiger charge is 2.34. The minimum Gasteiger partial charge on any atom is -0.508 e. The average molecular weight is 952 g/mol. The van der Waals surface area contributed by atoms with E-state index >= 15 is 0 Å². The van der Waals surface area contributed by atoms with Crippen LogP contribution in [0.2, 0.25) is 0 Å². The van der Waals surface area contributed by atoms with Gasteiger partial charge in [-0.05, 0) is 42.9 Å². The summed E-state index contributed by atoms with van der Waals surface area (Å²) < 4.78 is 0. The van der Waals surface area contributed by atoms with Crippen molar-refractivity contribution in [2.24, 2.45) is 51.0 Å². The molecule has 1 aromatic rings. The van der Waals surface area contributed by atoms with Crippen molar-refractivity contribution in [1.82, 2.24) is 37.2 Å². The van der Waals surface area contributed by atoms with E-state index in [0.717, 1.165) is 0 Å². The van der Waals surface area contributed by atoms with Gasteiger partial charge in [-0.2, -0.15) is 12.6 Å². The summed E-state index contributed by atoms with van der Waals surface area (Å²) in [6.45, 7) is 2.39. The van der Waals surface area contributed by atoms with E-state index in [1.54, 1.807) is 13.8 Å². The Bertz CT molecular complexity index is 1950. The number of guanidine groups is 1. The van der Waals surface area contributed by atoms with Crippen molar-refractivity contribution in [1.29, 1.82) is 0 Å². The van der Waals surface area contributed by atoms with Gasteiger partial charge in [0, 0.05) is 25.1 Å². The molecule has 0 unspecified atom stereocenters. The molecule has 0 aliphatic carbocycles. The fourth-order valence-electron chi connectivity index (χ4n) is 5.74. The summed E-state index contributed by atoms with van der Waals surface area (Å²) in [5.41, 5.74) is 37.8. The number of amides is 11. The maximum absolute atomic E-state index is 14.2. The first kappa shape index (κ1) is 56.8. The Morgan fingerprint density at radius 3 is 1.64 bits per heavy atom. The minimum atomic E-state index is -1.68. The number of aliphatic imine (C=N–C) groups is 1. The summed E-state index contributed by atoms with van der Waals surface area (Å²) in [4.78, 5) is 144. The molecule has 0 aliphatic rings. The van der Waals surface area contributed by atoms with E-state index in [1.807, 2.05) is 0 Å². The van der Waals surface area contributed by atoms with Crippen LogP contribution in [0.5, 0.6) is 5.75 Å². The number of rotatable bonds is 30. The largest absolute Gasteiger partial charge is 0.508 e. The van der Waals surface area contributed by atoms with Crippen molar-refractivity contribution in [3.8, 4) is 5.75 Å².